The summed E-state index contributed by atoms with van der Waals surface area (Å²) in [6, 6.07) is 3.05. The molecule has 0 fully saturated rings. The number of hydrogen-bond acceptors (Lipinski definition) is 2. The zero-order valence-electron chi connectivity index (χ0n) is 8.69. The number of thiophene rings is 1. The summed E-state index contributed by atoms with van der Waals surface area (Å²) in [5.74, 6) is 0. The van der Waals surface area contributed by atoms with Gasteiger partial charge in [-0.2, -0.15) is 13.2 Å². The Balaban J connectivity index is 2.74. The number of alkyl halides is 3. The van der Waals surface area contributed by atoms with E-state index in [1.54, 1.807) is 13.1 Å². The van der Waals surface area contributed by atoms with Crippen LogP contribution in [0.1, 0.15) is 29.1 Å². The van der Waals surface area contributed by atoms with Gasteiger partial charge in [-0.3, -0.25) is 0 Å². The van der Waals surface area contributed by atoms with Gasteiger partial charge in [-0.25, -0.2) is 0 Å². The Morgan fingerprint density at radius 1 is 1.40 bits per heavy atom. The first-order chi connectivity index (χ1) is 6.96. The van der Waals surface area contributed by atoms with Crippen molar-refractivity contribution >= 4 is 11.3 Å². The second-order valence-corrected chi connectivity index (χ2v) is 4.52. The van der Waals surface area contributed by atoms with Crippen molar-refractivity contribution in [3.05, 3.63) is 21.9 Å². The summed E-state index contributed by atoms with van der Waals surface area (Å²) in [6.07, 6.45) is -4.07. The van der Waals surface area contributed by atoms with E-state index < -0.39 is 18.6 Å². The monoisotopic (exact) mass is 237 g/mol. The Hall–Kier alpha value is -0.550. The highest BCUT2D eigenvalue weighted by Gasteiger charge is 2.32. The van der Waals surface area contributed by atoms with Crippen molar-refractivity contribution in [3.63, 3.8) is 0 Å². The van der Waals surface area contributed by atoms with Gasteiger partial charge in [-0.1, -0.05) is 6.92 Å². The Morgan fingerprint density at radius 2 is 2.07 bits per heavy atom. The zero-order chi connectivity index (χ0) is 11.5. The number of rotatable bonds is 4. The maximum atomic E-state index is 12.2. The molecule has 0 radical (unpaired) electrons. The fourth-order valence-corrected chi connectivity index (χ4v) is 2.41. The van der Waals surface area contributed by atoms with E-state index >= 15 is 0 Å². The van der Waals surface area contributed by atoms with E-state index in [-0.39, 0.29) is 0 Å². The normalized spacial score (nSPS) is 14.2. The third-order valence-corrected chi connectivity index (χ3v) is 3.50. The summed E-state index contributed by atoms with van der Waals surface area (Å²) in [5, 5.41) is 2.70. The van der Waals surface area contributed by atoms with E-state index in [1.807, 2.05) is 13.0 Å². The van der Waals surface area contributed by atoms with E-state index in [0.29, 0.717) is 0 Å². The highest BCUT2D eigenvalue weighted by atomic mass is 32.1. The fourth-order valence-electron chi connectivity index (χ4n) is 1.35. The van der Waals surface area contributed by atoms with Crippen molar-refractivity contribution < 1.29 is 13.2 Å². The highest BCUT2D eigenvalue weighted by molar-refractivity contribution is 7.12. The average molecular weight is 237 g/mol. The summed E-state index contributed by atoms with van der Waals surface area (Å²) >= 11 is 1.44. The smallest absolute Gasteiger partial charge is 0.312 e. The van der Waals surface area contributed by atoms with E-state index in [4.69, 9.17) is 0 Å². The van der Waals surface area contributed by atoms with Gasteiger partial charge < -0.3 is 5.32 Å². The van der Waals surface area contributed by atoms with E-state index in [9.17, 15) is 13.2 Å². The van der Waals surface area contributed by atoms with Crippen LogP contribution in [-0.4, -0.2) is 13.2 Å². The molecule has 15 heavy (non-hydrogen) atoms. The second kappa shape index (κ2) is 4.99. The van der Waals surface area contributed by atoms with Gasteiger partial charge in [-0.05, 0) is 25.6 Å². The van der Waals surface area contributed by atoms with Crippen LogP contribution in [0.15, 0.2) is 12.1 Å². The molecule has 0 spiro atoms. The van der Waals surface area contributed by atoms with Crippen molar-refractivity contribution in [2.75, 3.05) is 7.05 Å². The lowest BCUT2D eigenvalue weighted by molar-refractivity contribution is -0.140. The van der Waals surface area contributed by atoms with Crippen LogP contribution >= 0.6 is 11.3 Å². The molecule has 0 saturated carbocycles. The van der Waals surface area contributed by atoms with Gasteiger partial charge in [0.15, 0.2) is 0 Å². The van der Waals surface area contributed by atoms with Crippen LogP contribution in [0.4, 0.5) is 13.2 Å². The van der Waals surface area contributed by atoms with Gasteiger partial charge in [0.05, 0.1) is 6.42 Å². The minimum atomic E-state index is -4.12. The summed E-state index contributed by atoms with van der Waals surface area (Å²) in [6.45, 7) is 1.99. The molecule has 86 valence electrons. The standard InChI is InChI=1S/C10H14F3NS/c1-3-7-4-5-9(15-7)8(14-2)6-10(11,12)13/h4-5,8,14H,3,6H2,1-2H3. The molecule has 0 bridgehead atoms. The third kappa shape index (κ3) is 3.83. The lowest BCUT2D eigenvalue weighted by Gasteiger charge is -2.16. The van der Waals surface area contributed by atoms with Crippen molar-refractivity contribution in [2.24, 2.45) is 0 Å². The highest BCUT2D eigenvalue weighted by Crippen LogP contribution is 2.32. The Kier molecular flexibility index (Phi) is 4.16. The van der Waals surface area contributed by atoms with E-state index in [2.05, 4.69) is 5.32 Å². The first kappa shape index (κ1) is 12.5. The molecule has 1 atom stereocenters. The number of hydrogen-bond donors (Lipinski definition) is 1. The van der Waals surface area contributed by atoms with Crippen LogP contribution in [0.2, 0.25) is 0 Å². The Morgan fingerprint density at radius 3 is 2.47 bits per heavy atom. The van der Waals surface area contributed by atoms with Crippen LogP contribution in [0.25, 0.3) is 0 Å². The van der Waals surface area contributed by atoms with Gasteiger partial charge in [-0.15, -0.1) is 11.3 Å². The molecule has 1 aromatic heterocycles. The van der Waals surface area contributed by atoms with Gasteiger partial charge >= 0.3 is 6.18 Å². The molecule has 5 heteroatoms. The van der Waals surface area contributed by atoms with E-state index in [1.165, 1.54) is 11.3 Å². The molecule has 0 aliphatic carbocycles. The number of aryl methyl sites for hydroxylation is 1. The molecule has 0 saturated heterocycles. The number of halogens is 3. The first-order valence-corrected chi connectivity index (χ1v) is 5.60. The molecule has 1 aromatic rings. The van der Waals surface area contributed by atoms with Crippen LogP contribution in [0.5, 0.6) is 0 Å². The Bertz CT molecular complexity index is 306. The van der Waals surface area contributed by atoms with Crippen LogP contribution < -0.4 is 5.32 Å². The predicted molar refractivity (Wildman–Crippen MR) is 56.2 cm³/mol. The SMILES string of the molecule is CCc1ccc(C(CC(F)(F)F)NC)s1. The molecule has 1 unspecified atom stereocenters. The second-order valence-electron chi connectivity index (χ2n) is 3.32. The van der Waals surface area contributed by atoms with Gasteiger partial charge in [0.1, 0.15) is 0 Å². The minimum Gasteiger partial charge on any atom is -0.312 e. The Labute approximate surface area is 91.3 Å². The van der Waals surface area contributed by atoms with Crippen LogP contribution in [-0.2, 0) is 6.42 Å². The van der Waals surface area contributed by atoms with Crippen molar-refractivity contribution in [1.29, 1.82) is 0 Å². The summed E-state index contributed by atoms with van der Waals surface area (Å²) in [5.41, 5.74) is 0. The van der Waals surface area contributed by atoms with Crippen LogP contribution in [0, 0.1) is 0 Å². The van der Waals surface area contributed by atoms with Gasteiger partial charge in [0.25, 0.3) is 0 Å². The van der Waals surface area contributed by atoms with E-state index in [0.717, 1.165) is 16.2 Å². The summed E-state index contributed by atoms with van der Waals surface area (Å²) < 4.78 is 36.7. The molecule has 0 aromatic carbocycles. The molecule has 1 nitrogen and oxygen atoms in total. The third-order valence-electron chi connectivity index (χ3n) is 2.16. The zero-order valence-corrected chi connectivity index (χ0v) is 9.50. The molecule has 0 amide bonds. The summed E-state index contributed by atoms with van der Waals surface area (Å²) in [4.78, 5) is 1.87. The molecule has 0 aliphatic rings. The maximum absolute atomic E-state index is 12.2. The van der Waals surface area contributed by atoms with Crippen molar-refractivity contribution in [3.8, 4) is 0 Å². The maximum Gasteiger partial charge on any atom is 0.390 e. The average Bonchev–Trinajstić information content (AvgIpc) is 2.60. The largest absolute Gasteiger partial charge is 0.390 e. The lowest BCUT2D eigenvalue weighted by atomic mass is 10.1. The van der Waals surface area contributed by atoms with Crippen molar-refractivity contribution in [2.45, 2.75) is 32.0 Å². The van der Waals surface area contributed by atoms with Gasteiger partial charge in [0.2, 0.25) is 0 Å². The molecule has 1 N–H and O–H groups in total. The minimum absolute atomic E-state index is 0.615. The van der Waals surface area contributed by atoms with Gasteiger partial charge in [0, 0.05) is 15.8 Å². The lowest BCUT2D eigenvalue weighted by Crippen LogP contribution is -2.22. The van der Waals surface area contributed by atoms with Crippen LogP contribution in [0.3, 0.4) is 0 Å². The predicted octanol–water partition coefficient (Wildman–Crippen LogP) is 3.52. The summed E-state index contributed by atoms with van der Waals surface area (Å²) in [7, 11) is 1.56. The molecular weight excluding hydrogens is 223 g/mol. The first-order valence-electron chi connectivity index (χ1n) is 4.79. The quantitative estimate of drug-likeness (QED) is 0.844. The topological polar surface area (TPSA) is 12.0 Å². The van der Waals surface area contributed by atoms with Crippen molar-refractivity contribution in [1.82, 2.24) is 5.32 Å². The molecule has 1 heterocycles. The number of nitrogens with one attached hydrogen (secondary N) is 1. The molecule has 0 aliphatic heterocycles. The fraction of sp³-hybridized carbons (Fsp3) is 0.600. The molecule has 1 rings (SSSR count). The molecular formula is C10H14F3NS.